The fourth-order valence-electron chi connectivity index (χ4n) is 2.64. The predicted octanol–water partition coefficient (Wildman–Crippen LogP) is 3.72. The minimum atomic E-state index is -0.308. The molecule has 0 bridgehead atoms. The lowest BCUT2D eigenvalue weighted by atomic mass is 10.2. The lowest BCUT2D eigenvalue weighted by Crippen LogP contribution is -2.11. The smallest absolute Gasteiger partial charge is 0.291 e. The van der Waals surface area contributed by atoms with Crippen molar-refractivity contribution in [1.29, 1.82) is 0 Å². The molecule has 1 N–H and O–H groups in total. The second kappa shape index (κ2) is 7.79. The molecular weight excluding hydrogens is 366 g/mol. The summed E-state index contributed by atoms with van der Waals surface area (Å²) >= 11 is 1.55. The number of carbonyl (C=O) groups excluding carboxylic acids is 1. The summed E-state index contributed by atoms with van der Waals surface area (Å²) in [4.78, 5) is 16.7. The van der Waals surface area contributed by atoms with Crippen LogP contribution in [0.5, 0.6) is 11.5 Å². The third-order valence-electron chi connectivity index (χ3n) is 4.01. The van der Waals surface area contributed by atoms with Crippen LogP contribution in [-0.4, -0.2) is 28.7 Å². The zero-order valence-corrected chi connectivity index (χ0v) is 15.6. The zero-order chi connectivity index (χ0) is 18.6. The average molecular weight is 385 g/mol. The Morgan fingerprint density at radius 3 is 2.89 bits per heavy atom. The van der Waals surface area contributed by atoms with Crippen LogP contribution in [0.25, 0.3) is 0 Å². The molecule has 0 atom stereocenters. The van der Waals surface area contributed by atoms with Crippen molar-refractivity contribution in [2.45, 2.75) is 17.3 Å². The quantitative estimate of drug-likeness (QED) is 0.675. The Bertz CT molecular complexity index is 950. The van der Waals surface area contributed by atoms with Crippen LogP contribution in [0, 0.1) is 0 Å². The average Bonchev–Trinajstić information content (AvgIpc) is 3.23. The van der Waals surface area contributed by atoms with Crippen molar-refractivity contribution in [2.75, 3.05) is 18.5 Å². The lowest BCUT2D eigenvalue weighted by molar-refractivity contribution is 0.0995. The second-order valence-electron chi connectivity index (χ2n) is 6.04. The first-order valence-corrected chi connectivity index (χ1v) is 9.57. The Morgan fingerprint density at radius 1 is 1.22 bits per heavy atom. The monoisotopic (exact) mass is 385 g/mol. The van der Waals surface area contributed by atoms with Crippen molar-refractivity contribution in [1.82, 2.24) is 9.55 Å². The third kappa shape index (κ3) is 4.11. The molecule has 1 amide bonds. The number of nitrogens with zero attached hydrogens (tertiary/aromatic N) is 2. The molecular formula is C19H19N3O4S. The second-order valence-corrected chi connectivity index (χ2v) is 6.98. The van der Waals surface area contributed by atoms with Crippen LogP contribution in [0.3, 0.4) is 0 Å². The van der Waals surface area contributed by atoms with Crippen LogP contribution < -0.4 is 14.8 Å². The SMILES string of the molecule is Cn1ccnc1SCc1ccc(C(=O)Nc2ccc3c(c2)OCCCO3)o1. The standard InChI is InChI=1S/C19H19N3O4S/c1-22-8-7-20-19(22)27-12-14-4-6-16(26-14)18(23)21-13-3-5-15-17(11-13)25-10-2-9-24-15/h3-8,11H,2,9-10,12H2,1H3,(H,21,23). The maximum Gasteiger partial charge on any atom is 0.291 e. The summed E-state index contributed by atoms with van der Waals surface area (Å²) in [6.45, 7) is 1.23. The number of nitrogens with one attached hydrogen (secondary N) is 1. The number of amides is 1. The first-order valence-electron chi connectivity index (χ1n) is 8.59. The highest BCUT2D eigenvalue weighted by Crippen LogP contribution is 2.32. The number of aromatic nitrogens is 2. The van der Waals surface area contributed by atoms with E-state index in [1.165, 1.54) is 0 Å². The van der Waals surface area contributed by atoms with Gasteiger partial charge in [-0.15, -0.1) is 0 Å². The molecule has 27 heavy (non-hydrogen) atoms. The molecule has 3 aromatic rings. The molecule has 140 valence electrons. The number of benzene rings is 1. The molecule has 2 aromatic heterocycles. The number of hydrogen-bond donors (Lipinski definition) is 1. The van der Waals surface area contributed by atoms with Crippen molar-refractivity contribution in [3.63, 3.8) is 0 Å². The number of thioether (sulfide) groups is 1. The number of aryl methyl sites for hydroxylation is 1. The number of anilines is 1. The Kier molecular flexibility index (Phi) is 5.06. The van der Waals surface area contributed by atoms with E-state index in [1.54, 1.807) is 48.3 Å². The van der Waals surface area contributed by atoms with Crippen molar-refractivity contribution < 1.29 is 18.7 Å². The molecule has 1 aliphatic rings. The van der Waals surface area contributed by atoms with Crippen molar-refractivity contribution in [3.8, 4) is 11.5 Å². The number of imidazole rings is 1. The van der Waals surface area contributed by atoms with E-state index in [2.05, 4.69) is 10.3 Å². The minimum absolute atomic E-state index is 0.262. The summed E-state index contributed by atoms with van der Waals surface area (Å²) in [5.74, 6) is 2.60. The Morgan fingerprint density at radius 2 is 2.07 bits per heavy atom. The van der Waals surface area contributed by atoms with Crippen molar-refractivity contribution >= 4 is 23.4 Å². The molecule has 1 aromatic carbocycles. The number of rotatable bonds is 5. The highest BCUT2D eigenvalue weighted by atomic mass is 32.2. The molecule has 1 aliphatic heterocycles. The van der Waals surface area contributed by atoms with E-state index in [0.717, 1.165) is 11.6 Å². The van der Waals surface area contributed by atoms with Gasteiger partial charge in [0.05, 0.1) is 19.0 Å². The van der Waals surface area contributed by atoms with Crippen LogP contribution in [-0.2, 0) is 12.8 Å². The number of furan rings is 1. The molecule has 3 heterocycles. The van der Waals surface area contributed by atoms with E-state index < -0.39 is 0 Å². The number of ether oxygens (including phenoxy) is 2. The van der Waals surface area contributed by atoms with Gasteiger partial charge in [0.2, 0.25) is 0 Å². The molecule has 0 fully saturated rings. The zero-order valence-electron chi connectivity index (χ0n) is 14.8. The third-order valence-corrected chi connectivity index (χ3v) is 5.09. The summed E-state index contributed by atoms with van der Waals surface area (Å²) in [6.07, 6.45) is 4.47. The van der Waals surface area contributed by atoms with E-state index in [4.69, 9.17) is 13.9 Å². The van der Waals surface area contributed by atoms with Gasteiger partial charge in [-0.2, -0.15) is 0 Å². The van der Waals surface area contributed by atoms with Gasteiger partial charge in [-0.05, 0) is 24.3 Å². The molecule has 0 saturated carbocycles. The summed E-state index contributed by atoms with van der Waals surface area (Å²) in [5.41, 5.74) is 0.629. The van der Waals surface area contributed by atoms with Gasteiger partial charge in [-0.25, -0.2) is 4.98 Å². The summed E-state index contributed by atoms with van der Waals surface area (Å²) < 4.78 is 18.8. The minimum Gasteiger partial charge on any atom is -0.490 e. The van der Waals surface area contributed by atoms with Crippen LogP contribution in [0.1, 0.15) is 22.7 Å². The largest absolute Gasteiger partial charge is 0.490 e. The predicted molar refractivity (Wildman–Crippen MR) is 101 cm³/mol. The van der Waals surface area contributed by atoms with Gasteiger partial charge < -0.3 is 23.8 Å². The first-order chi connectivity index (χ1) is 13.2. The van der Waals surface area contributed by atoms with E-state index in [9.17, 15) is 4.79 Å². The highest BCUT2D eigenvalue weighted by molar-refractivity contribution is 7.98. The molecule has 0 spiro atoms. The number of fused-ring (bicyclic) bond motifs is 1. The Labute approximate surface area is 160 Å². The number of hydrogen-bond acceptors (Lipinski definition) is 6. The molecule has 0 radical (unpaired) electrons. The number of carbonyl (C=O) groups is 1. The van der Waals surface area contributed by atoms with Crippen LogP contribution in [0.15, 0.2) is 52.3 Å². The van der Waals surface area contributed by atoms with E-state index in [1.807, 2.05) is 17.8 Å². The molecule has 7 nitrogen and oxygen atoms in total. The normalized spacial score (nSPS) is 13.2. The molecule has 8 heteroatoms. The van der Waals surface area contributed by atoms with E-state index in [-0.39, 0.29) is 11.7 Å². The van der Waals surface area contributed by atoms with Gasteiger partial charge in [0.15, 0.2) is 22.4 Å². The molecule has 0 saturated heterocycles. The molecule has 0 aliphatic carbocycles. The van der Waals surface area contributed by atoms with Crippen LogP contribution in [0.2, 0.25) is 0 Å². The van der Waals surface area contributed by atoms with Crippen molar-refractivity contribution in [3.05, 3.63) is 54.2 Å². The fourth-order valence-corrected chi connectivity index (χ4v) is 3.46. The van der Waals surface area contributed by atoms with Crippen LogP contribution >= 0.6 is 11.8 Å². The van der Waals surface area contributed by atoms with Crippen LogP contribution in [0.4, 0.5) is 5.69 Å². The fraction of sp³-hybridized carbons (Fsp3) is 0.263. The Balaban J connectivity index is 1.39. The van der Waals surface area contributed by atoms with E-state index >= 15 is 0 Å². The van der Waals surface area contributed by atoms with Gasteiger partial charge in [0, 0.05) is 37.6 Å². The van der Waals surface area contributed by atoms with Crippen molar-refractivity contribution in [2.24, 2.45) is 7.05 Å². The highest BCUT2D eigenvalue weighted by Gasteiger charge is 2.15. The van der Waals surface area contributed by atoms with Gasteiger partial charge in [-0.1, -0.05) is 11.8 Å². The topological polar surface area (TPSA) is 78.5 Å². The van der Waals surface area contributed by atoms with Gasteiger partial charge in [0.25, 0.3) is 5.91 Å². The summed E-state index contributed by atoms with van der Waals surface area (Å²) in [5, 5.41) is 3.72. The lowest BCUT2D eigenvalue weighted by Gasteiger charge is -2.09. The van der Waals surface area contributed by atoms with Gasteiger partial charge in [-0.3, -0.25) is 4.79 Å². The molecule has 4 rings (SSSR count). The first kappa shape index (κ1) is 17.5. The summed E-state index contributed by atoms with van der Waals surface area (Å²) in [7, 11) is 1.94. The maximum absolute atomic E-state index is 12.5. The summed E-state index contributed by atoms with van der Waals surface area (Å²) in [6, 6.07) is 8.82. The van der Waals surface area contributed by atoms with Gasteiger partial charge in [0.1, 0.15) is 5.76 Å². The van der Waals surface area contributed by atoms with E-state index in [0.29, 0.717) is 41.9 Å². The maximum atomic E-state index is 12.5. The molecule has 0 unspecified atom stereocenters. The van der Waals surface area contributed by atoms with Gasteiger partial charge >= 0.3 is 0 Å². The Hall–Kier alpha value is -2.87.